The molecule has 17 nitrogen and oxygen atoms in total. The number of carbonyl (C=O) groups excluding carboxylic acids is 1. The summed E-state index contributed by atoms with van der Waals surface area (Å²) in [5.41, 5.74) is 0. The molecular formula is C9H19O17P3. The van der Waals surface area contributed by atoms with Crippen LogP contribution in [0.2, 0.25) is 0 Å². The first-order valence-corrected chi connectivity index (χ1v) is 11.8. The Hall–Kier alpha value is -0.160. The molecule has 0 aromatic rings. The van der Waals surface area contributed by atoms with Gasteiger partial charge in [-0.15, -0.1) is 0 Å². The molecular weight excluding hydrogens is 473 g/mol. The van der Waals surface area contributed by atoms with Gasteiger partial charge in [0.1, 0.15) is 49.8 Å². The average Bonchev–Trinajstić information content (AvgIpc) is 2.56. The van der Waals surface area contributed by atoms with E-state index in [0.717, 1.165) is 0 Å². The van der Waals surface area contributed by atoms with Gasteiger partial charge in [-0.3, -0.25) is 22.9 Å². The third-order valence-corrected chi connectivity index (χ3v) is 5.36. The summed E-state index contributed by atoms with van der Waals surface area (Å²) in [7, 11) is -16.2. The number of hydrogen-bond acceptors (Lipinski definition) is 12. The minimum atomic E-state index is -5.50. The highest BCUT2D eigenvalue weighted by molar-refractivity contribution is 7.47. The van der Waals surface area contributed by atoms with Gasteiger partial charge in [0.05, 0.1) is 0 Å². The van der Waals surface area contributed by atoms with Crippen LogP contribution in [0, 0.1) is 0 Å². The van der Waals surface area contributed by atoms with Crippen LogP contribution in [0.3, 0.4) is 0 Å². The van der Waals surface area contributed by atoms with Gasteiger partial charge in [0.2, 0.25) is 0 Å². The molecule has 0 amide bonds. The van der Waals surface area contributed by atoms with Gasteiger partial charge >= 0.3 is 23.5 Å². The fourth-order valence-electron chi connectivity index (χ4n) is 2.24. The molecule has 0 aliphatic heterocycles. The molecule has 0 aromatic heterocycles. The molecule has 0 heterocycles. The fraction of sp³-hybridized carbons (Fsp3) is 0.889. The van der Waals surface area contributed by atoms with Crippen LogP contribution in [0.5, 0.6) is 0 Å². The topological polar surface area (TPSA) is 287 Å². The van der Waals surface area contributed by atoms with E-state index in [-0.39, 0.29) is 0 Å². The number of phosphoric acid groups is 3. The van der Waals surface area contributed by atoms with E-state index in [2.05, 4.69) is 18.1 Å². The lowest BCUT2D eigenvalue weighted by atomic mass is 9.85. The molecule has 1 unspecified atom stereocenters. The van der Waals surface area contributed by atoms with Gasteiger partial charge in [-0.05, 0) is 0 Å². The van der Waals surface area contributed by atoms with Crippen molar-refractivity contribution < 1.29 is 81.5 Å². The number of aliphatic hydroxyl groups excluding tert-OH is 4. The van der Waals surface area contributed by atoms with Crippen molar-refractivity contribution in [2.45, 2.75) is 36.6 Å². The molecule has 0 saturated heterocycles. The minimum Gasteiger partial charge on any atom is -0.388 e. The van der Waals surface area contributed by atoms with Crippen LogP contribution in [0.25, 0.3) is 0 Å². The number of ketones is 1. The van der Waals surface area contributed by atoms with Crippen molar-refractivity contribution in [3.8, 4) is 0 Å². The molecule has 9 N–H and O–H groups in total. The summed E-state index contributed by atoms with van der Waals surface area (Å²) in [5, 5.41) is 38.6. The highest BCUT2D eigenvalue weighted by Gasteiger charge is 2.56. The van der Waals surface area contributed by atoms with Gasteiger partial charge in [-0.25, -0.2) is 13.7 Å². The van der Waals surface area contributed by atoms with Gasteiger partial charge in [-0.1, -0.05) is 0 Å². The fourth-order valence-corrected chi connectivity index (χ4v) is 4.28. The highest BCUT2D eigenvalue weighted by Crippen LogP contribution is 2.50. The Kier molecular flexibility index (Phi) is 9.24. The van der Waals surface area contributed by atoms with Crippen LogP contribution in [0.4, 0.5) is 0 Å². The Bertz CT molecular complexity index is 713. The molecule has 0 spiro atoms. The number of phosphoric ester groups is 3. The second-order valence-corrected chi connectivity index (χ2v) is 9.39. The van der Waals surface area contributed by atoms with Crippen LogP contribution in [-0.2, 0) is 36.6 Å². The molecule has 29 heavy (non-hydrogen) atoms. The maximum atomic E-state index is 11.8. The van der Waals surface area contributed by atoms with E-state index >= 15 is 0 Å². The first-order chi connectivity index (χ1) is 13.0. The quantitative estimate of drug-likeness (QED) is 0.132. The van der Waals surface area contributed by atoms with Gasteiger partial charge < -0.3 is 44.9 Å². The van der Waals surface area contributed by atoms with Crippen LogP contribution in [-0.4, -0.2) is 101 Å². The standard InChI is InChI=1S/C9H19O17P3/c10-1-3(11)2-23-29(21,22)26-7-4(12)5(13)8(24-27(15,16)17)9(6(7)14)25-28(18,19)20/h4-10,12-14H,1-2H2,(H,21,22)(H2,15,16,17)(H2,18,19,20)/t4-,5+,6+,7-,8-,9-/m1/s1. The van der Waals surface area contributed by atoms with E-state index < -0.39 is 79.1 Å². The van der Waals surface area contributed by atoms with Crippen molar-refractivity contribution in [3.63, 3.8) is 0 Å². The molecule has 0 radical (unpaired) electrons. The lowest BCUT2D eigenvalue weighted by Gasteiger charge is -2.44. The Morgan fingerprint density at radius 2 is 1.14 bits per heavy atom. The Balaban J connectivity index is 3.15. The number of rotatable bonds is 10. The van der Waals surface area contributed by atoms with Crippen LogP contribution >= 0.6 is 23.5 Å². The monoisotopic (exact) mass is 492 g/mol. The molecule has 7 atom stereocenters. The summed E-state index contributed by atoms with van der Waals surface area (Å²) in [6.07, 6.45) is -14.7. The van der Waals surface area contributed by atoms with Gasteiger partial charge in [0.25, 0.3) is 0 Å². The van der Waals surface area contributed by atoms with Gasteiger partial charge in [0.15, 0.2) is 5.78 Å². The summed E-state index contributed by atoms with van der Waals surface area (Å²) >= 11 is 0. The zero-order valence-corrected chi connectivity index (χ0v) is 16.7. The zero-order chi connectivity index (χ0) is 22.8. The summed E-state index contributed by atoms with van der Waals surface area (Å²) < 4.78 is 50.7. The van der Waals surface area contributed by atoms with Gasteiger partial charge in [-0.2, -0.15) is 0 Å². The zero-order valence-electron chi connectivity index (χ0n) is 14.0. The van der Waals surface area contributed by atoms with E-state index in [0.29, 0.717) is 0 Å². The SMILES string of the molecule is O=C(CO)COP(=O)(O)O[C@@H]1[C@H](O)[C@H](O)[C@@H](OP(=O)(O)O)[C@H](OP(=O)(O)O)[C@H]1O. The Morgan fingerprint density at radius 1 is 0.724 bits per heavy atom. The average molecular weight is 492 g/mol. The molecule has 0 aromatic carbocycles. The molecule has 0 bridgehead atoms. The molecule has 1 rings (SSSR count). The predicted octanol–water partition coefficient (Wildman–Crippen LogP) is -3.90. The minimum absolute atomic E-state index is 1.06. The predicted molar refractivity (Wildman–Crippen MR) is 84.6 cm³/mol. The maximum absolute atomic E-state index is 11.8. The second kappa shape index (κ2) is 9.97. The van der Waals surface area contributed by atoms with Crippen molar-refractivity contribution in [2.75, 3.05) is 13.2 Å². The Morgan fingerprint density at radius 3 is 1.55 bits per heavy atom. The summed E-state index contributed by atoms with van der Waals surface area (Å²) in [6.45, 7) is -2.20. The lowest BCUT2D eigenvalue weighted by Crippen LogP contribution is -2.65. The molecule has 172 valence electrons. The molecule has 1 aliphatic carbocycles. The van der Waals surface area contributed by atoms with E-state index in [1.54, 1.807) is 0 Å². The number of carbonyl (C=O) groups is 1. The largest absolute Gasteiger partial charge is 0.473 e. The van der Waals surface area contributed by atoms with E-state index in [1.165, 1.54) is 0 Å². The van der Waals surface area contributed by atoms with Crippen molar-refractivity contribution in [1.29, 1.82) is 0 Å². The van der Waals surface area contributed by atoms with E-state index in [9.17, 15) is 38.7 Å². The summed E-state index contributed by atoms with van der Waals surface area (Å²) in [6, 6.07) is 0. The van der Waals surface area contributed by atoms with Gasteiger partial charge in [0, 0.05) is 0 Å². The lowest BCUT2D eigenvalue weighted by molar-refractivity contribution is -0.212. The number of aliphatic hydroxyl groups is 4. The van der Waals surface area contributed by atoms with Crippen LogP contribution in [0.15, 0.2) is 0 Å². The second-order valence-electron chi connectivity index (χ2n) is 5.60. The van der Waals surface area contributed by atoms with Crippen molar-refractivity contribution >= 4 is 29.3 Å². The highest BCUT2D eigenvalue weighted by atomic mass is 31.2. The number of Topliss-reactive ketones (excluding diaryl/α,β-unsaturated/α-hetero) is 1. The molecule has 1 fully saturated rings. The molecule has 20 heteroatoms. The normalized spacial score (nSPS) is 33.3. The van der Waals surface area contributed by atoms with E-state index in [4.69, 9.17) is 24.7 Å². The van der Waals surface area contributed by atoms with Crippen LogP contribution < -0.4 is 0 Å². The molecule has 1 aliphatic rings. The number of hydrogen-bond donors (Lipinski definition) is 9. The first-order valence-electron chi connectivity index (χ1n) is 7.28. The summed E-state index contributed by atoms with van der Waals surface area (Å²) in [5.74, 6) is -1.06. The Labute approximate surface area is 161 Å². The maximum Gasteiger partial charge on any atom is 0.473 e. The smallest absolute Gasteiger partial charge is 0.388 e. The van der Waals surface area contributed by atoms with E-state index in [1.807, 2.05) is 0 Å². The van der Waals surface area contributed by atoms with Crippen molar-refractivity contribution in [3.05, 3.63) is 0 Å². The third-order valence-electron chi connectivity index (χ3n) is 3.36. The van der Waals surface area contributed by atoms with Crippen LogP contribution in [0.1, 0.15) is 0 Å². The van der Waals surface area contributed by atoms with Crippen molar-refractivity contribution in [2.24, 2.45) is 0 Å². The first kappa shape index (κ1) is 26.9. The molecule has 1 saturated carbocycles. The van der Waals surface area contributed by atoms with Crippen molar-refractivity contribution in [1.82, 2.24) is 0 Å². The summed E-state index contributed by atoms with van der Waals surface area (Å²) in [4.78, 5) is 55.9. The third kappa shape index (κ3) is 8.47.